The van der Waals surface area contributed by atoms with E-state index in [1.165, 1.54) is 23.9 Å². The molecule has 2 heterocycles. The van der Waals surface area contributed by atoms with Crippen molar-refractivity contribution >= 4 is 39.7 Å². The number of carbonyl (C=O) groups excluding carboxylic acids is 1. The zero-order valence-corrected chi connectivity index (χ0v) is 14.5. The molecular weight excluding hydrogens is 332 g/mol. The monoisotopic (exact) mass is 350 g/mol. The van der Waals surface area contributed by atoms with Crippen LogP contribution in [-0.4, -0.2) is 42.0 Å². The predicted octanol–water partition coefficient (Wildman–Crippen LogP) is 3.08. The number of aromatic nitrogens is 1. The maximum Gasteiger partial charge on any atom is 0.223 e. The standard InChI is InChI=1S/C16H19ClN4OS/c1-12(22)18-16-19-14(11-23-16)10-20-5-7-21(8-6-20)15-4-2-3-13(17)9-15/h2-4,9,11H,5-8,10H2,1H3,(H,18,19,22). The molecule has 122 valence electrons. The van der Waals surface area contributed by atoms with E-state index in [9.17, 15) is 4.79 Å². The Kier molecular flexibility index (Phi) is 5.15. The van der Waals surface area contributed by atoms with Crippen molar-refractivity contribution in [3.63, 3.8) is 0 Å². The zero-order chi connectivity index (χ0) is 16.2. The summed E-state index contributed by atoms with van der Waals surface area (Å²) < 4.78 is 0. The van der Waals surface area contributed by atoms with E-state index >= 15 is 0 Å². The predicted molar refractivity (Wildman–Crippen MR) is 95.4 cm³/mol. The number of halogens is 1. The summed E-state index contributed by atoms with van der Waals surface area (Å²) in [4.78, 5) is 20.2. The summed E-state index contributed by atoms with van der Waals surface area (Å²) in [5.74, 6) is -0.0824. The quantitative estimate of drug-likeness (QED) is 0.920. The normalized spacial score (nSPS) is 15.7. The molecule has 0 saturated carbocycles. The maximum absolute atomic E-state index is 11.0. The lowest BCUT2D eigenvalue weighted by Crippen LogP contribution is -2.46. The summed E-state index contributed by atoms with van der Waals surface area (Å²) in [6.07, 6.45) is 0. The smallest absolute Gasteiger partial charge is 0.223 e. The summed E-state index contributed by atoms with van der Waals surface area (Å²) in [5.41, 5.74) is 2.19. The first-order valence-corrected chi connectivity index (χ1v) is 8.81. The lowest BCUT2D eigenvalue weighted by atomic mass is 10.2. The van der Waals surface area contributed by atoms with Gasteiger partial charge in [0, 0.05) is 55.7 Å². The minimum atomic E-state index is -0.0824. The van der Waals surface area contributed by atoms with Crippen LogP contribution in [0.5, 0.6) is 0 Å². The minimum absolute atomic E-state index is 0.0824. The number of anilines is 2. The van der Waals surface area contributed by atoms with Crippen LogP contribution in [0.1, 0.15) is 12.6 Å². The van der Waals surface area contributed by atoms with E-state index in [2.05, 4.69) is 26.2 Å². The topological polar surface area (TPSA) is 48.5 Å². The summed E-state index contributed by atoms with van der Waals surface area (Å²) >= 11 is 7.53. The number of piperazine rings is 1. The zero-order valence-electron chi connectivity index (χ0n) is 13.0. The number of hydrogen-bond acceptors (Lipinski definition) is 5. The average molecular weight is 351 g/mol. The molecule has 1 aliphatic rings. The Morgan fingerprint density at radius 3 is 2.83 bits per heavy atom. The van der Waals surface area contributed by atoms with E-state index in [0.29, 0.717) is 5.13 Å². The second-order valence-electron chi connectivity index (χ2n) is 5.57. The molecule has 1 amide bonds. The van der Waals surface area contributed by atoms with Crippen molar-refractivity contribution in [3.05, 3.63) is 40.4 Å². The van der Waals surface area contributed by atoms with Crippen molar-refractivity contribution < 1.29 is 4.79 Å². The minimum Gasteiger partial charge on any atom is -0.369 e. The first-order chi connectivity index (χ1) is 11.1. The van der Waals surface area contributed by atoms with Gasteiger partial charge >= 0.3 is 0 Å². The van der Waals surface area contributed by atoms with Gasteiger partial charge < -0.3 is 10.2 Å². The van der Waals surface area contributed by atoms with Gasteiger partial charge in [0.25, 0.3) is 0 Å². The highest BCUT2D eigenvalue weighted by Crippen LogP contribution is 2.22. The first-order valence-electron chi connectivity index (χ1n) is 7.55. The number of amides is 1. The molecule has 0 unspecified atom stereocenters. The third kappa shape index (κ3) is 4.43. The lowest BCUT2D eigenvalue weighted by Gasteiger charge is -2.35. The number of rotatable bonds is 4. The molecule has 1 aliphatic heterocycles. The Labute approximate surface area is 144 Å². The fourth-order valence-electron chi connectivity index (χ4n) is 2.65. The molecule has 1 saturated heterocycles. The second-order valence-corrected chi connectivity index (χ2v) is 6.86. The highest BCUT2D eigenvalue weighted by atomic mass is 35.5. The van der Waals surface area contributed by atoms with E-state index in [-0.39, 0.29) is 5.91 Å². The molecular formula is C16H19ClN4OS. The summed E-state index contributed by atoms with van der Waals surface area (Å²) in [6, 6.07) is 8.00. The Morgan fingerprint density at radius 2 is 2.13 bits per heavy atom. The van der Waals surface area contributed by atoms with Gasteiger partial charge in [-0.05, 0) is 18.2 Å². The fraction of sp³-hybridized carbons (Fsp3) is 0.375. The lowest BCUT2D eigenvalue weighted by molar-refractivity contribution is -0.114. The molecule has 0 aliphatic carbocycles. The largest absolute Gasteiger partial charge is 0.369 e. The van der Waals surface area contributed by atoms with Crippen molar-refractivity contribution in [3.8, 4) is 0 Å². The van der Waals surface area contributed by atoms with Crippen LogP contribution in [0.4, 0.5) is 10.8 Å². The third-order valence-electron chi connectivity index (χ3n) is 3.77. The SMILES string of the molecule is CC(=O)Nc1nc(CN2CCN(c3cccc(Cl)c3)CC2)cs1. The molecule has 3 rings (SSSR count). The van der Waals surface area contributed by atoms with Crippen molar-refractivity contribution in [1.29, 1.82) is 0 Å². The molecule has 7 heteroatoms. The highest BCUT2D eigenvalue weighted by molar-refractivity contribution is 7.13. The van der Waals surface area contributed by atoms with Gasteiger partial charge in [0.1, 0.15) is 0 Å². The third-order valence-corrected chi connectivity index (χ3v) is 4.81. The van der Waals surface area contributed by atoms with E-state index < -0.39 is 0 Å². The summed E-state index contributed by atoms with van der Waals surface area (Å²) in [5, 5.41) is 6.18. The Morgan fingerprint density at radius 1 is 1.35 bits per heavy atom. The Bertz CT molecular complexity index is 682. The van der Waals surface area contributed by atoms with Crippen molar-refractivity contribution in [2.24, 2.45) is 0 Å². The molecule has 0 radical (unpaired) electrons. The number of hydrogen-bond donors (Lipinski definition) is 1. The number of thiazole rings is 1. The molecule has 2 aromatic rings. The van der Waals surface area contributed by atoms with Crippen LogP contribution in [0.15, 0.2) is 29.6 Å². The molecule has 0 bridgehead atoms. The van der Waals surface area contributed by atoms with Crippen LogP contribution >= 0.6 is 22.9 Å². The molecule has 0 spiro atoms. The molecule has 1 aromatic heterocycles. The molecule has 5 nitrogen and oxygen atoms in total. The van der Waals surface area contributed by atoms with Crippen molar-refractivity contribution in [2.45, 2.75) is 13.5 Å². The van der Waals surface area contributed by atoms with E-state index in [1.54, 1.807) is 0 Å². The Balaban J connectivity index is 1.53. The van der Waals surface area contributed by atoms with Gasteiger partial charge in [0.2, 0.25) is 5.91 Å². The molecule has 1 aromatic carbocycles. The van der Waals surface area contributed by atoms with Gasteiger partial charge in [-0.25, -0.2) is 4.98 Å². The Hall–Kier alpha value is -1.63. The van der Waals surface area contributed by atoms with Gasteiger partial charge in [-0.3, -0.25) is 9.69 Å². The van der Waals surface area contributed by atoms with Crippen LogP contribution in [0, 0.1) is 0 Å². The molecule has 1 fully saturated rings. The van der Waals surface area contributed by atoms with Crippen molar-refractivity contribution in [2.75, 3.05) is 36.4 Å². The average Bonchev–Trinajstić information content (AvgIpc) is 2.94. The molecule has 23 heavy (non-hydrogen) atoms. The van der Waals surface area contributed by atoms with Crippen LogP contribution in [0.2, 0.25) is 5.02 Å². The van der Waals surface area contributed by atoms with Gasteiger partial charge in [0.15, 0.2) is 5.13 Å². The fourth-order valence-corrected chi connectivity index (χ4v) is 3.59. The number of nitrogens with zero attached hydrogens (tertiary/aromatic N) is 3. The first kappa shape index (κ1) is 16.2. The van der Waals surface area contributed by atoms with Crippen LogP contribution in [0.3, 0.4) is 0 Å². The molecule has 0 atom stereocenters. The van der Waals surface area contributed by atoms with E-state index in [0.717, 1.165) is 43.4 Å². The molecule has 1 N–H and O–H groups in total. The second kappa shape index (κ2) is 7.29. The maximum atomic E-state index is 11.0. The van der Waals surface area contributed by atoms with Crippen LogP contribution in [0.25, 0.3) is 0 Å². The van der Waals surface area contributed by atoms with Crippen molar-refractivity contribution in [1.82, 2.24) is 9.88 Å². The number of nitrogens with one attached hydrogen (secondary N) is 1. The number of carbonyl (C=O) groups is 1. The summed E-state index contributed by atoms with van der Waals surface area (Å²) in [6.45, 7) is 6.24. The van der Waals surface area contributed by atoms with Gasteiger partial charge in [-0.15, -0.1) is 11.3 Å². The van der Waals surface area contributed by atoms with E-state index in [1.807, 2.05) is 23.6 Å². The van der Waals surface area contributed by atoms with Gasteiger partial charge in [-0.1, -0.05) is 17.7 Å². The van der Waals surface area contributed by atoms with Crippen LogP contribution in [-0.2, 0) is 11.3 Å². The number of benzene rings is 1. The summed E-state index contributed by atoms with van der Waals surface area (Å²) in [7, 11) is 0. The van der Waals surface area contributed by atoms with Gasteiger partial charge in [0.05, 0.1) is 5.69 Å². The van der Waals surface area contributed by atoms with Crippen LogP contribution < -0.4 is 10.2 Å². The van der Waals surface area contributed by atoms with E-state index in [4.69, 9.17) is 11.6 Å². The highest BCUT2D eigenvalue weighted by Gasteiger charge is 2.18. The van der Waals surface area contributed by atoms with Gasteiger partial charge in [-0.2, -0.15) is 0 Å².